The van der Waals surface area contributed by atoms with Crippen LogP contribution < -0.4 is 15.0 Å². The van der Waals surface area contributed by atoms with E-state index in [2.05, 4.69) is 43.8 Å². The number of barbiturate groups is 1. The van der Waals surface area contributed by atoms with E-state index in [1.165, 1.54) is 18.2 Å². The largest absolute Gasteiger partial charge is 0.488 e. The summed E-state index contributed by atoms with van der Waals surface area (Å²) >= 11 is 6.74. The van der Waals surface area contributed by atoms with Gasteiger partial charge in [-0.3, -0.25) is 14.9 Å². The minimum Gasteiger partial charge on any atom is -0.488 e. The fourth-order valence-electron chi connectivity index (χ4n) is 2.62. The smallest absolute Gasteiger partial charge is 0.335 e. The van der Waals surface area contributed by atoms with Gasteiger partial charge in [-0.25, -0.2) is 14.1 Å². The van der Waals surface area contributed by atoms with E-state index < -0.39 is 23.7 Å². The quantitative estimate of drug-likeness (QED) is 0.353. The second-order valence-electron chi connectivity index (χ2n) is 5.84. The van der Waals surface area contributed by atoms with Gasteiger partial charge in [0.25, 0.3) is 11.8 Å². The standard InChI is InChI=1S/C20H13Br2FN2O4/c1-2-7-29-17-11(8-12(21)10-16(17)22)9-15-18(26)24-20(28)25(19(15)27)14-5-3-13(23)4-6-14/h2-6,8-10H,1,7H2,(H,24,26,28)/b15-9+. The summed E-state index contributed by atoms with van der Waals surface area (Å²) < 4.78 is 20.1. The number of hydrogen-bond acceptors (Lipinski definition) is 4. The van der Waals surface area contributed by atoms with Gasteiger partial charge in [0.2, 0.25) is 0 Å². The monoisotopic (exact) mass is 522 g/mol. The van der Waals surface area contributed by atoms with Crippen molar-refractivity contribution in [1.82, 2.24) is 5.32 Å². The van der Waals surface area contributed by atoms with Crippen molar-refractivity contribution in [2.75, 3.05) is 11.5 Å². The Morgan fingerprint density at radius 3 is 2.48 bits per heavy atom. The number of nitrogens with zero attached hydrogens (tertiary/aromatic N) is 1. The van der Waals surface area contributed by atoms with Crippen molar-refractivity contribution < 1.29 is 23.5 Å². The Morgan fingerprint density at radius 2 is 1.83 bits per heavy atom. The number of anilines is 1. The van der Waals surface area contributed by atoms with Crippen LogP contribution in [-0.2, 0) is 9.59 Å². The molecule has 0 bridgehead atoms. The first kappa shape index (κ1) is 20.9. The predicted molar refractivity (Wildman–Crippen MR) is 113 cm³/mol. The summed E-state index contributed by atoms with van der Waals surface area (Å²) in [6.45, 7) is 3.80. The Hall–Kier alpha value is -2.78. The number of amides is 4. The maximum absolute atomic E-state index is 13.2. The Kier molecular flexibility index (Phi) is 6.29. The lowest BCUT2D eigenvalue weighted by Crippen LogP contribution is -2.54. The second-order valence-corrected chi connectivity index (χ2v) is 7.61. The minimum atomic E-state index is -0.915. The van der Waals surface area contributed by atoms with E-state index in [-0.39, 0.29) is 17.9 Å². The number of hydrogen-bond donors (Lipinski definition) is 1. The van der Waals surface area contributed by atoms with E-state index >= 15 is 0 Å². The zero-order chi connectivity index (χ0) is 21.1. The molecule has 1 aliphatic heterocycles. The number of urea groups is 1. The van der Waals surface area contributed by atoms with E-state index in [4.69, 9.17) is 4.74 Å². The summed E-state index contributed by atoms with van der Waals surface area (Å²) in [6.07, 6.45) is 2.88. The fraction of sp³-hybridized carbons (Fsp3) is 0.0500. The Bertz CT molecular complexity index is 1050. The van der Waals surface area contributed by atoms with Gasteiger partial charge < -0.3 is 4.74 Å². The van der Waals surface area contributed by atoms with Gasteiger partial charge in [0.1, 0.15) is 23.7 Å². The molecular weight excluding hydrogens is 511 g/mol. The minimum absolute atomic E-state index is 0.130. The number of ether oxygens (including phenoxy) is 1. The zero-order valence-corrected chi connectivity index (χ0v) is 17.9. The molecule has 1 aliphatic rings. The van der Waals surface area contributed by atoms with Crippen molar-refractivity contribution >= 4 is 61.5 Å². The first-order chi connectivity index (χ1) is 13.8. The van der Waals surface area contributed by atoms with E-state index in [1.807, 2.05) is 0 Å². The van der Waals surface area contributed by atoms with Gasteiger partial charge in [-0.05, 0) is 58.4 Å². The summed E-state index contributed by atoms with van der Waals surface area (Å²) in [5.41, 5.74) is 0.285. The van der Waals surface area contributed by atoms with Crippen LogP contribution in [0.1, 0.15) is 5.56 Å². The molecular formula is C20H13Br2FN2O4. The van der Waals surface area contributed by atoms with Crippen LogP contribution in [0.15, 0.2) is 63.6 Å². The summed E-state index contributed by atoms with van der Waals surface area (Å²) in [4.78, 5) is 38.3. The predicted octanol–water partition coefficient (Wildman–Crippen LogP) is 4.58. The third-order valence-corrected chi connectivity index (χ3v) is 4.92. The van der Waals surface area contributed by atoms with Crippen LogP contribution in [0.5, 0.6) is 5.75 Å². The summed E-state index contributed by atoms with van der Waals surface area (Å²) in [5.74, 6) is -1.81. The average Bonchev–Trinajstić information content (AvgIpc) is 2.65. The average molecular weight is 524 g/mol. The molecule has 2 aromatic rings. The van der Waals surface area contributed by atoms with E-state index in [0.29, 0.717) is 20.3 Å². The molecule has 0 aliphatic carbocycles. The summed E-state index contributed by atoms with van der Waals surface area (Å²) in [7, 11) is 0. The molecule has 0 saturated carbocycles. The first-order valence-corrected chi connectivity index (χ1v) is 9.80. The summed E-state index contributed by atoms with van der Waals surface area (Å²) in [6, 6.07) is 7.27. The van der Waals surface area contributed by atoms with Crippen molar-refractivity contribution in [3.63, 3.8) is 0 Å². The molecule has 0 atom stereocenters. The van der Waals surface area contributed by atoms with Crippen LogP contribution in [0.3, 0.4) is 0 Å². The Labute approximate surface area is 182 Å². The van der Waals surface area contributed by atoms with Crippen molar-refractivity contribution in [3.05, 3.63) is 75.0 Å². The molecule has 1 fully saturated rings. The molecule has 0 aromatic heterocycles. The molecule has 148 valence electrons. The molecule has 0 spiro atoms. The van der Waals surface area contributed by atoms with E-state index in [9.17, 15) is 18.8 Å². The normalized spacial score (nSPS) is 15.5. The highest BCUT2D eigenvalue weighted by Gasteiger charge is 2.37. The fourth-order valence-corrected chi connectivity index (χ4v) is 3.99. The molecule has 0 unspecified atom stereocenters. The third kappa shape index (κ3) is 4.46. The lowest BCUT2D eigenvalue weighted by atomic mass is 10.1. The van der Waals surface area contributed by atoms with Crippen LogP contribution in [-0.4, -0.2) is 24.5 Å². The van der Waals surface area contributed by atoms with Crippen LogP contribution in [0.4, 0.5) is 14.9 Å². The van der Waals surface area contributed by atoms with Gasteiger partial charge in [-0.15, -0.1) is 0 Å². The molecule has 1 saturated heterocycles. The molecule has 3 rings (SSSR count). The molecule has 0 radical (unpaired) electrons. The van der Waals surface area contributed by atoms with Crippen LogP contribution >= 0.6 is 31.9 Å². The highest BCUT2D eigenvalue weighted by atomic mass is 79.9. The van der Waals surface area contributed by atoms with Gasteiger partial charge in [0.05, 0.1) is 10.2 Å². The summed E-state index contributed by atoms with van der Waals surface area (Å²) in [5, 5.41) is 2.12. The van der Waals surface area contributed by atoms with Gasteiger partial charge in [-0.1, -0.05) is 28.6 Å². The van der Waals surface area contributed by atoms with E-state index in [1.54, 1.807) is 18.2 Å². The number of carbonyl (C=O) groups is 3. The SMILES string of the molecule is C=CCOc1c(Br)cc(Br)cc1/C=C1\C(=O)NC(=O)N(c2ccc(F)cc2)C1=O. The molecule has 2 aromatic carbocycles. The van der Waals surface area contributed by atoms with Crippen LogP contribution in [0, 0.1) is 5.82 Å². The maximum atomic E-state index is 13.2. The molecule has 29 heavy (non-hydrogen) atoms. The molecule has 6 nitrogen and oxygen atoms in total. The number of halogens is 3. The highest BCUT2D eigenvalue weighted by Crippen LogP contribution is 2.35. The number of nitrogens with one attached hydrogen (secondary N) is 1. The van der Waals surface area contributed by atoms with Crippen LogP contribution in [0.2, 0.25) is 0 Å². The van der Waals surface area contributed by atoms with Crippen LogP contribution in [0.25, 0.3) is 6.08 Å². The Balaban J connectivity index is 2.07. The zero-order valence-electron chi connectivity index (χ0n) is 14.7. The Morgan fingerprint density at radius 1 is 1.14 bits per heavy atom. The second kappa shape index (κ2) is 8.71. The van der Waals surface area contributed by atoms with Crippen molar-refractivity contribution in [1.29, 1.82) is 0 Å². The van der Waals surface area contributed by atoms with Gasteiger partial charge in [0.15, 0.2) is 0 Å². The molecule has 9 heteroatoms. The number of carbonyl (C=O) groups excluding carboxylic acids is 3. The lowest BCUT2D eigenvalue weighted by Gasteiger charge is -2.26. The van der Waals surface area contributed by atoms with Gasteiger partial charge >= 0.3 is 6.03 Å². The number of imide groups is 2. The van der Waals surface area contributed by atoms with Crippen molar-refractivity contribution in [3.8, 4) is 5.75 Å². The van der Waals surface area contributed by atoms with E-state index in [0.717, 1.165) is 17.0 Å². The molecule has 4 amide bonds. The van der Waals surface area contributed by atoms with Gasteiger partial charge in [-0.2, -0.15) is 0 Å². The molecule has 1 heterocycles. The topological polar surface area (TPSA) is 75.7 Å². The number of benzene rings is 2. The first-order valence-electron chi connectivity index (χ1n) is 8.21. The van der Waals surface area contributed by atoms with Gasteiger partial charge in [0, 0.05) is 10.0 Å². The number of rotatable bonds is 5. The van der Waals surface area contributed by atoms with Crippen molar-refractivity contribution in [2.45, 2.75) is 0 Å². The molecule has 1 N–H and O–H groups in total. The third-order valence-electron chi connectivity index (χ3n) is 3.87. The highest BCUT2D eigenvalue weighted by molar-refractivity contribution is 9.11. The van der Waals surface area contributed by atoms with Crippen molar-refractivity contribution in [2.24, 2.45) is 0 Å². The maximum Gasteiger partial charge on any atom is 0.335 e. The lowest BCUT2D eigenvalue weighted by molar-refractivity contribution is -0.122.